The number of rotatable bonds is 3. The van der Waals surface area contributed by atoms with Gasteiger partial charge in [-0.25, -0.2) is 13.8 Å². The maximum absolute atomic E-state index is 13.5. The molecule has 0 aromatic carbocycles. The Balaban J connectivity index is 1.25. The summed E-state index contributed by atoms with van der Waals surface area (Å²) >= 11 is 0. The van der Waals surface area contributed by atoms with Crippen LogP contribution in [-0.2, 0) is 4.79 Å². The number of allylic oxidation sites excluding steroid dienone is 2. The van der Waals surface area contributed by atoms with Gasteiger partial charge in [0.1, 0.15) is 12.0 Å². The molecule has 3 fully saturated rings. The molecule has 29 heavy (non-hydrogen) atoms. The summed E-state index contributed by atoms with van der Waals surface area (Å²) in [5.41, 5.74) is 0.784. The van der Waals surface area contributed by atoms with Crippen LogP contribution in [0.1, 0.15) is 55.8 Å². The molecular formula is C21H23F2N5O. The number of amides is 1. The average molecular weight is 399 g/mol. The number of alkyl halides is 2. The predicted octanol–water partition coefficient (Wildman–Crippen LogP) is 3.37. The van der Waals surface area contributed by atoms with Crippen LogP contribution >= 0.6 is 0 Å². The van der Waals surface area contributed by atoms with Crippen molar-refractivity contribution in [1.82, 2.24) is 24.5 Å². The van der Waals surface area contributed by atoms with E-state index in [1.807, 2.05) is 4.90 Å². The van der Waals surface area contributed by atoms with Gasteiger partial charge < -0.3 is 4.90 Å². The second kappa shape index (κ2) is 6.06. The van der Waals surface area contributed by atoms with Gasteiger partial charge in [-0.1, -0.05) is 12.2 Å². The van der Waals surface area contributed by atoms with Crippen molar-refractivity contribution in [3.63, 3.8) is 0 Å². The first-order valence-corrected chi connectivity index (χ1v) is 10.5. The van der Waals surface area contributed by atoms with Crippen LogP contribution in [0.5, 0.6) is 0 Å². The van der Waals surface area contributed by atoms with Crippen LogP contribution in [0.25, 0.3) is 5.78 Å². The smallest absolute Gasteiger partial charge is 0.280 e. The Kier molecular flexibility index (Phi) is 3.65. The summed E-state index contributed by atoms with van der Waals surface area (Å²) in [4.78, 5) is 23.8. The summed E-state index contributed by atoms with van der Waals surface area (Å²) in [5.74, 6) is 1.46. The Labute approximate surface area is 167 Å². The standard InChI is InChI=1S/C21H23F2N5O/c22-18(23)17-9-16(26-20-24-11-25-28(17)20)12-2-1-7-27(10-12)19(29)14-8-13-3-4-15(14)21(13)5-6-21/h3-4,9,11-15,18H,1-2,5-8,10H2/t12-,13+,14-,15+/m0/s1. The van der Waals surface area contributed by atoms with E-state index in [2.05, 4.69) is 27.2 Å². The molecule has 3 heterocycles. The van der Waals surface area contributed by atoms with E-state index in [0.717, 1.165) is 30.3 Å². The van der Waals surface area contributed by atoms with E-state index in [1.165, 1.54) is 25.2 Å². The number of likely N-dealkylation sites (tertiary alicyclic amines) is 1. The predicted molar refractivity (Wildman–Crippen MR) is 100 cm³/mol. The first-order valence-electron chi connectivity index (χ1n) is 10.5. The molecular weight excluding hydrogens is 376 g/mol. The fourth-order valence-corrected chi connectivity index (χ4v) is 6.13. The third-order valence-electron chi connectivity index (χ3n) is 7.71. The fraction of sp³-hybridized carbons (Fsp3) is 0.619. The molecule has 2 bridgehead atoms. The fourth-order valence-electron chi connectivity index (χ4n) is 6.13. The minimum atomic E-state index is -2.65. The van der Waals surface area contributed by atoms with Gasteiger partial charge in [0.25, 0.3) is 12.2 Å². The van der Waals surface area contributed by atoms with Crippen molar-refractivity contribution in [2.24, 2.45) is 23.2 Å². The number of fused-ring (bicyclic) bond motifs is 1. The van der Waals surface area contributed by atoms with Crippen molar-refractivity contribution >= 4 is 11.7 Å². The summed E-state index contributed by atoms with van der Waals surface area (Å²) in [5, 5.41) is 3.86. The lowest BCUT2D eigenvalue weighted by Crippen LogP contribution is -2.43. The number of carbonyl (C=O) groups excluding carboxylic acids is 1. The van der Waals surface area contributed by atoms with E-state index in [4.69, 9.17) is 0 Å². The maximum atomic E-state index is 13.5. The van der Waals surface area contributed by atoms with E-state index in [0.29, 0.717) is 29.5 Å². The highest BCUT2D eigenvalue weighted by molar-refractivity contribution is 5.81. The van der Waals surface area contributed by atoms with Crippen LogP contribution in [0.2, 0.25) is 0 Å². The number of aromatic nitrogens is 4. The lowest BCUT2D eigenvalue weighted by atomic mass is 9.86. The highest BCUT2D eigenvalue weighted by atomic mass is 19.3. The van der Waals surface area contributed by atoms with Crippen molar-refractivity contribution < 1.29 is 13.6 Å². The highest BCUT2D eigenvalue weighted by Crippen LogP contribution is 2.70. The molecule has 6 nitrogen and oxygen atoms in total. The molecule has 2 aromatic heterocycles. The quantitative estimate of drug-likeness (QED) is 0.743. The van der Waals surface area contributed by atoms with Crippen molar-refractivity contribution in [1.29, 1.82) is 0 Å². The number of nitrogens with zero attached hydrogens (tertiary/aromatic N) is 5. The minimum absolute atomic E-state index is 0.0454. The first-order chi connectivity index (χ1) is 14.1. The number of carbonyl (C=O) groups is 1. The molecule has 0 radical (unpaired) electrons. The van der Waals surface area contributed by atoms with Gasteiger partial charge in [-0.15, -0.1) is 0 Å². The Morgan fingerprint density at radius 1 is 1.28 bits per heavy atom. The average Bonchev–Trinajstić information content (AvgIpc) is 3.14. The van der Waals surface area contributed by atoms with Gasteiger partial charge in [0.15, 0.2) is 0 Å². The SMILES string of the molecule is O=C([C@H]1C[C@H]2C=C[C@H]1C21CC1)N1CCC[C@H](c2cc(C(F)F)n3ncnc3n2)C1. The van der Waals surface area contributed by atoms with Crippen LogP contribution in [0.15, 0.2) is 24.5 Å². The third-order valence-corrected chi connectivity index (χ3v) is 7.71. The third kappa shape index (κ3) is 2.50. The minimum Gasteiger partial charge on any atom is -0.342 e. The largest absolute Gasteiger partial charge is 0.342 e. The first kappa shape index (κ1) is 17.5. The molecule has 0 N–H and O–H groups in total. The number of hydrogen-bond acceptors (Lipinski definition) is 4. The highest BCUT2D eigenvalue weighted by Gasteiger charge is 2.64. The summed E-state index contributed by atoms with van der Waals surface area (Å²) in [7, 11) is 0. The number of hydrogen-bond donors (Lipinski definition) is 0. The topological polar surface area (TPSA) is 63.4 Å². The molecule has 0 unspecified atom stereocenters. The number of halogens is 2. The van der Waals surface area contributed by atoms with E-state index >= 15 is 0 Å². The van der Waals surface area contributed by atoms with Gasteiger partial charge in [-0.05, 0) is 55.4 Å². The van der Waals surface area contributed by atoms with Gasteiger partial charge in [0.05, 0.1) is 5.69 Å². The molecule has 2 saturated carbocycles. The molecule has 152 valence electrons. The van der Waals surface area contributed by atoms with Gasteiger partial charge in [0, 0.05) is 24.9 Å². The van der Waals surface area contributed by atoms with Crippen LogP contribution in [0, 0.1) is 23.2 Å². The molecule has 3 aliphatic carbocycles. The molecule has 6 rings (SSSR count). The molecule has 4 aliphatic rings. The lowest BCUT2D eigenvalue weighted by Gasteiger charge is -2.35. The van der Waals surface area contributed by atoms with Crippen LogP contribution in [-0.4, -0.2) is 43.5 Å². The van der Waals surface area contributed by atoms with Crippen LogP contribution < -0.4 is 0 Å². The summed E-state index contributed by atoms with van der Waals surface area (Å²) in [6.07, 6.45) is 8.36. The van der Waals surface area contributed by atoms with Crippen molar-refractivity contribution in [2.45, 2.75) is 44.4 Å². The molecule has 8 heteroatoms. The summed E-state index contributed by atoms with van der Waals surface area (Å²) in [6, 6.07) is 1.43. The lowest BCUT2D eigenvalue weighted by molar-refractivity contribution is -0.137. The molecule has 1 saturated heterocycles. The van der Waals surface area contributed by atoms with Gasteiger partial charge >= 0.3 is 0 Å². The van der Waals surface area contributed by atoms with E-state index in [-0.39, 0.29) is 29.2 Å². The van der Waals surface area contributed by atoms with Crippen molar-refractivity contribution in [2.75, 3.05) is 13.1 Å². The Hall–Kier alpha value is -2.38. The van der Waals surface area contributed by atoms with Gasteiger partial charge in [-0.3, -0.25) is 4.79 Å². The van der Waals surface area contributed by atoms with E-state index < -0.39 is 6.43 Å². The number of piperidine rings is 1. The van der Waals surface area contributed by atoms with Crippen molar-refractivity contribution in [3.05, 3.63) is 35.9 Å². The van der Waals surface area contributed by atoms with E-state index in [9.17, 15) is 13.6 Å². The van der Waals surface area contributed by atoms with Gasteiger partial charge in [-0.2, -0.15) is 14.6 Å². The maximum Gasteiger partial charge on any atom is 0.280 e. The zero-order valence-corrected chi connectivity index (χ0v) is 16.0. The normalized spacial score (nSPS) is 32.0. The molecule has 4 atom stereocenters. The second-order valence-electron chi connectivity index (χ2n) is 9.09. The Bertz CT molecular complexity index is 1010. The molecule has 1 spiro atoms. The Morgan fingerprint density at radius 3 is 2.90 bits per heavy atom. The van der Waals surface area contributed by atoms with Crippen LogP contribution in [0.3, 0.4) is 0 Å². The molecule has 1 amide bonds. The van der Waals surface area contributed by atoms with Crippen LogP contribution in [0.4, 0.5) is 8.78 Å². The van der Waals surface area contributed by atoms with E-state index in [1.54, 1.807) is 0 Å². The zero-order chi connectivity index (χ0) is 19.8. The molecule has 2 aromatic rings. The summed E-state index contributed by atoms with van der Waals surface area (Å²) < 4.78 is 28.1. The molecule has 1 aliphatic heterocycles. The monoisotopic (exact) mass is 399 g/mol. The zero-order valence-electron chi connectivity index (χ0n) is 16.0. The van der Waals surface area contributed by atoms with Gasteiger partial charge in [0.2, 0.25) is 5.91 Å². The Morgan fingerprint density at radius 2 is 2.14 bits per heavy atom. The van der Waals surface area contributed by atoms with Crippen molar-refractivity contribution in [3.8, 4) is 0 Å². The second-order valence-corrected chi connectivity index (χ2v) is 9.09. The summed E-state index contributed by atoms with van der Waals surface area (Å²) in [6.45, 7) is 1.29.